The third kappa shape index (κ3) is 2.26. The Labute approximate surface area is 100 Å². The van der Waals surface area contributed by atoms with Gasteiger partial charge < -0.3 is 20.6 Å². The lowest BCUT2D eigenvalue weighted by atomic mass is 10.3. The van der Waals surface area contributed by atoms with Crippen LogP contribution in [0.3, 0.4) is 0 Å². The maximum atomic E-state index is 11.2. The summed E-state index contributed by atoms with van der Waals surface area (Å²) in [4.78, 5) is 31.6. The SMILES string of the molecule is Nc1c(Oc2cncc(C(=O)O)c2)nc[nH]c1=O. The molecular formula is C10H8N4O4. The molecule has 2 heterocycles. The van der Waals surface area contributed by atoms with Gasteiger partial charge in [-0.05, 0) is 6.07 Å². The van der Waals surface area contributed by atoms with Crippen LogP contribution in [0.2, 0.25) is 0 Å². The molecule has 0 aliphatic rings. The maximum absolute atomic E-state index is 11.2. The quantitative estimate of drug-likeness (QED) is 0.708. The van der Waals surface area contributed by atoms with E-state index in [1.54, 1.807) is 0 Å². The molecule has 0 saturated carbocycles. The van der Waals surface area contributed by atoms with Gasteiger partial charge >= 0.3 is 5.97 Å². The molecule has 0 aliphatic heterocycles. The number of hydrogen-bond donors (Lipinski definition) is 3. The van der Waals surface area contributed by atoms with Crippen LogP contribution in [0.5, 0.6) is 11.6 Å². The molecule has 0 bridgehead atoms. The number of anilines is 1. The first kappa shape index (κ1) is 11.6. The summed E-state index contributed by atoms with van der Waals surface area (Å²) in [5.41, 5.74) is 4.68. The highest BCUT2D eigenvalue weighted by Crippen LogP contribution is 2.21. The van der Waals surface area contributed by atoms with Crippen molar-refractivity contribution in [3.05, 3.63) is 40.7 Å². The van der Waals surface area contributed by atoms with Gasteiger partial charge in [-0.15, -0.1) is 0 Å². The molecule has 4 N–H and O–H groups in total. The van der Waals surface area contributed by atoms with Gasteiger partial charge in [-0.1, -0.05) is 0 Å². The van der Waals surface area contributed by atoms with E-state index >= 15 is 0 Å². The number of carboxylic acid groups (broad SMARTS) is 1. The molecule has 0 atom stereocenters. The molecule has 0 spiro atoms. The minimum Gasteiger partial charge on any atom is -0.478 e. The summed E-state index contributed by atoms with van der Waals surface area (Å²) in [6.07, 6.45) is 3.58. The van der Waals surface area contributed by atoms with E-state index in [4.69, 9.17) is 15.6 Å². The number of nitrogens with zero attached hydrogens (tertiary/aromatic N) is 2. The number of carboxylic acids is 1. The Morgan fingerprint density at radius 1 is 1.44 bits per heavy atom. The fraction of sp³-hybridized carbons (Fsp3) is 0. The Kier molecular flexibility index (Phi) is 2.92. The molecule has 0 unspecified atom stereocenters. The van der Waals surface area contributed by atoms with Crippen LogP contribution in [0.1, 0.15) is 10.4 Å². The number of rotatable bonds is 3. The van der Waals surface area contributed by atoms with Crippen molar-refractivity contribution in [2.75, 3.05) is 5.73 Å². The number of nitrogens with one attached hydrogen (secondary N) is 1. The second-order valence-electron chi connectivity index (χ2n) is 3.27. The van der Waals surface area contributed by atoms with E-state index in [9.17, 15) is 9.59 Å². The number of aromatic amines is 1. The van der Waals surface area contributed by atoms with Crippen LogP contribution in [0.25, 0.3) is 0 Å². The Balaban J connectivity index is 2.34. The van der Waals surface area contributed by atoms with Crippen molar-refractivity contribution in [1.29, 1.82) is 0 Å². The lowest BCUT2D eigenvalue weighted by molar-refractivity contribution is 0.0696. The molecule has 8 nitrogen and oxygen atoms in total. The fourth-order valence-corrected chi connectivity index (χ4v) is 1.18. The van der Waals surface area contributed by atoms with Crippen molar-refractivity contribution in [3.63, 3.8) is 0 Å². The van der Waals surface area contributed by atoms with E-state index in [0.29, 0.717) is 0 Å². The highest BCUT2D eigenvalue weighted by atomic mass is 16.5. The van der Waals surface area contributed by atoms with Crippen LogP contribution in [-0.2, 0) is 0 Å². The van der Waals surface area contributed by atoms with E-state index in [-0.39, 0.29) is 22.9 Å². The van der Waals surface area contributed by atoms with Crippen molar-refractivity contribution in [1.82, 2.24) is 15.0 Å². The zero-order chi connectivity index (χ0) is 13.1. The van der Waals surface area contributed by atoms with Crippen LogP contribution in [0.4, 0.5) is 5.69 Å². The summed E-state index contributed by atoms with van der Waals surface area (Å²) in [5.74, 6) is -1.12. The fourth-order valence-electron chi connectivity index (χ4n) is 1.18. The first-order chi connectivity index (χ1) is 8.58. The lowest BCUT2D eigenvalue weighted by Gasteiger charge is -2.05. The average Bonchev–Trinajstić information content (AvgIpc) is 2.35. The van der Waals surface area contributed by atoms with Gasteiger partial charge in [-0.25, -0.2) is 9.78 Å². The van der Waals surface area contributed by atoms with Gasteiger partial charge in [0.1, 0.15) is 5.75 Å². The number of aromatic nitrogens is 3. The summed E-state index contributed by atoms with van der Waals surface area (Å²) >= 11 is 0. The second-order valence-corrected chi connectivity index (χ2v) is 3.27. The van der Waals surface area contributed by atoms with E-state index in [2.05, 4.69) is 15.0 Å². The van der Waals surface area contributed by atoms with Crippen molar-refractivity contribution < 1.29 is 14.6 Å². The van der Waals surface area contributed by atoms with Gasteiger partial charge in [-0.3, -0.25) is 9.78 Å². The van der Waals surface area contributed by atoms with Crippen molar-refractivity contribution in [2.24, 2.45) is 0 Å². The Hall–Kier alpha value is -2.90. The smallest absolute Gasteiger partial charge is 0.337 e. The zero-order valence-corrected chi connectivity index (χ0v) is 8.95. The van der Waals surface area contributed by atoms with Crippen LogP contribution in [0, 0.1) is 0 Å². The molecule has 0 fully saturated rings. The van der Waals surface area contributed by atoms with E-state index in [0.717, 1.165) is 6.33 Å². The molecule has 0 radical (unpaired) electrons. The molecule has 92 valence electrons. The van der Waals surface area contributed by atoms with Gasteiger partial charge in [0, 0.05) is 6.20 Å². The molecule has 0 amide bonds. The lowest BCUT2D eigenvalue weighted by Crippen LogP contribution is -2.13. The minimum absolute atomic E-state index is 0.0455. The Bertz CT molecular complexity index is 652. The Morgan fingerprint density at radius 3 is 2.94 bits per heavy atom. The highest BCUT2D eigenvalue weighted by molar-refractivity contribution is 5.87. The monoisotopic (exact) mass is 248 g/mol. The molecule has 2 aromatic heterocycles. The standard InChI is InChI=1S/C10H8N4O4/c11-7-8(15)13-4-14-9(7)18-6-1-5(10(16)17)2-12-3-6/h1-4H,11H2,(H,16,17)(H,13,14,15). The topological polar surface area (TPSA) is 131 Å². The number of pyridine rings is 1. The number of nitrogen functional groups attached to an aromatic ring is 1. The summed E-state index contributed by atoms with van der Waals surface area (Å²) in [6, 6.07) is 1.25. The van der Waals surface area contributed by atoms with Gasteiger partial charge in [0.15, 0.2) is 5.69 Å². The molecule has 0 aromatic carbocycles. The predicted molar refractivity (Wildman–Crippen MR) is 60.5 cm³/mol. The van der Waals surface area contributed by atoms with Crippen LogP contribution in [0.15, 0.2) is 29.6 Å². The first-order valence-electron chi connectivity index (χ1n) is 4.77. The van der Waals surface area contributed by atoms with Crippen molar-refractivity contribution in [2.45, 2.75) is 0 Å². The van der Waals surface area contributed by atoms with Crippen LogP contribution >= 0.6 is 0 Å². The zero-order valence-electron chi connectivity index (χ0n) is 8.95. The summed E-state index contributed by atoms with van der Waals surface area (Å²) in [7, 11) is 0. The molecule has 8 heteroatoms. The van der Waals surface area contributed by atoms with Gasteiger partial charge in [0.05, 0.1) is 18.1 Å². The summed E-state index contributed by atoms with van der Waals surface area (Å²) in [6.45, 7) is 0. The predicted octanol–water partition coefficient (Wildman–Crippen LogP) is 0.238. The first-order valence-corrected chi connectivity index (χ1v) is 4.77. The number of H-pyrrole nitrogens is 1. The molecular weight excluding hydrogens is 240 g/mol. The van der Waals surface area contributed by atoms with Gasteiger partial charge in [0.25, 0.3) is 5.56 Å². The van der Waals surface area contributed by atoms with E-state index in [1.807, 2.05) is 0 Å². The summed E-state index contributed by atoms with van der Waals surface area (Å²) in [5, 5.41) is 8.78. The number of aromatic carboxylic acids is 1. The Morgan fingerprint density at radius 2 is 2.22 bits per heavy atom. The third-order valence-corrected chi connectivity index (χ3v) is 2.03. The van der Waals surface area contributed by atoms with Gasteiger partial charge in [0.2, 0.25) is 5.88 Å². The van der Waals surface area contributed by atoms with Gasteiger partial charge in [-0.2, -0.15) is 0 Å². The highest BCUT2D eigenvalue weighted by Gasteiger charge is 2.09. The number of hydrogen-bond acceptors (Lipinski definition) is 6. The molecule has 0 aliphatic carbocycles. The van der Waals surface area contributed by atoms with E-state index in [1.165, 1.54) is 18.5 Å². The minimum atomic E-state index is -1.14. The molecule has 2 rings (SSSR count). The van der Waals surface area contributed by atoms with E-state index < -0.39 is 11.5 Å². The average molecular weight is 248 g/mol. The normalized spacial score (nSPS) is 10.0. The number of ether oxygens (including phenoxy) is 1. The molecule has 0 saturated heterocycles. The molecule has 18 heavy (non-hydrogen) atoms. The number of nitrogens with two attached hydrogens (primary N) is 1. The number of carbonyl (C=O) groups is 1. The van der Waals surface area contributed by atoms with Crippen LogP contribution < -0.4 is 16.0 Å². The van der Waals surface area contributed by atoms with Crippen molar-refractivity contribution >= 4 is 11.7 Å². The molecule has 2 aromatic rings. The second kappa shape index (κ2) is 4.53. The summed E-state index contributed by atoms with van der Waals surface area (Å²) < 4.78 is 5.20. The third-order valence-electron chi connectivity index (χ3n) is 2.03. The maximum Gasteiger partial charge on any atom is 0.337 e. The van der Waals surface area contributed by atoms with Crippen molar-refractivity contribution in [3.8, 4) is 11.6 Å². The largest absolute Gasteiger partial charge is 0.478 e. The van der Waals surface area contributed by atoms with Crippen LogP contribution in [-0.4, -0.2) is 26.0 Å².